The lowest BCUT2D eigenvalue weighted by Gasteiger charge is -2.37. The lowest BCUT2D eigenvalue weighted by atomic mass is 9.69. The molecule has 0 spiro atoms. The summed E-state index contributed by atoms with van der Waals surface area (Å²) >= 11 is 0. The average molecular weight is 286 g/mol. The Kier molecular flexibility index (Phi) is 3.23. The Bertz CT molecular complexity index is 668. The van der Waals surface area contributed by atoms with Gasteiger partial charge in [-0.25, -0.2) is 4.68 Å². The van der Waals surface area contributed by atoms with Crippen LogP contribution in [0, 0.1) is 19.3 Å². The van der Waals surface area contributed by atoms with Gasteiger partial charge < -0.3 is 5.11 Å². The van der Waals surface area contributed by atoms with Crippen molar-refractivity contribution in [3.05, 3.63) is 29.3 Å². The highest BCUT2D eigenvalue weighted by molar-refractivity contribution is 5.75. The van der Waals surface area contributed by atoms with Gasteiger partial charge in [0.2, 0.25) is 0 Å². The van der Waals surface area contributed by atoms with E-state index in [0.29, 0.717) is 25.2 Å². The molecule has 1 fully saturated rings. The zero-order valence-electron chi connectivity index (χ0n) is 12.2. The van der Waals surface area contributed by atoms with Gasteiger partial charge in [0.25, 0.3) is 0 Å². The Morgan fingerprint density at radius 2 is 2.00 bits per heavy atom. The van der Waals surface area contributed by atoms with Crippen molar-refractivity contribution in [3.8, 4) is 11.4 Å². The van der Waals surface area contributed by atoms with Crippen LogP contribution in [-0.4, -0.2) is 31.3 Å². The van der Waals surface area contributed by atoms with Gasteiger partial charge in [-0.05, 0) is 48.2 Å². The lowest BCUT2D eigenvalue weighted by molar-refractivity contribution is -0.156. The Balaban J connectivity index is 2.00. The number of hydrogen-bond acceptors (Lipinski definition) is 4. The van der Waals surface area contributed by atoms with E-state index in [-0.39, 0.29) is 0 Å². The number of aromatic nitrogens is 4. The number of carboxylic acid groups (broad SMARTS) is 1. The first-order valence-corrected chi connectivity index (χ1v) is 7.10. The van der Waals surface area contributed by atoms with Crippen molar-refractivity contribution in [2.45, 2.75) is 39.7 Å². The van der Waals surface area contributed by atoms with E-state index in [0.717, 1.165) is 23.1 Å². The van der Waals surface area contributed by atoms with Gasteiger partial charge in [-0.15, -0.1) is 5.10 Å². The van der Waals surface area contributed by atoms with Crippen molar-refractivity contribution < 1.29 is 9.90 Å². The topological polar surface area (TPSA) is 80.9 Å². The van der Waals surface area contributed by atoms with Crippen LogP contribution in [0.5, 0.6) is 0 Å². The minimum atomic E-state index is -0.753. The summed E-state index contributed by atoms with van der Waals surface area (Å²) in [5.74, 6) is -0.102. The summed E-state index contributed by atoms with van der Waals surface area (Å²) < 4.78 is 1.64. The highest BCUT2D eigenvalue weighted by Crippen LogP contribution is 2.43. The van der Waals surface area contributed by atoms with E-state index in [1.165, 1.54) is 0 Å². The fourth-order valence-electron chi connectivity index (χ4n) is 2.99. The molecular formula is C15H18N4O2. The van der Waals surface area contributed by atoms with Crippen LogP contribution < -0.4 is 0 Å². The first-order chi connectivity index (χ1) is 10.0. The molecule has 110 valence electrons. The van der Waals surface area contributed by atoms with Crippen LogP contribution in [0.25, 0.3) is 11.4 Å². The van der Waals surface area contributed by atoms with Crippen LogP contribution in [0.4, 0.5) is 0 Å². The molecule has 1 heterocycles. The number of nitrogens with zero attached hydrogens (tertiary/aromatic N) is 4. The monoisotopic (exact) mass is 286 g/mol. The normalized spacial score (nSPS) is 16.5. The zero-order chi connectivity index (χ0) is 15.0. The van der Waals surface area contributed by atoms with E-state index in [2.05, 4.69) is 15.5 Å². The molecule has 3 rings (SSSR count). The molecule has 1 aromatic heterocycles. The molecule has 1 aliphatic carbocycles. The number of aryl methyl sites for hydroxylation is 2. The van der Waals surface area contributed by atoms with Crippen molar-refractivity contribution in [1.29, 1.82) is 0 Å². The molecule has 1 saturated carbocycles. The molecule has 1 N–H and O–H groups in total. The molecule has 6 nitrogen and oxygen atoms in total. The highest BCUT2D eigenvalue weighted by atomic mass is 16.4. The van der Waals surface area contributed by atoms with Gasteiger partial charge in [0.1, 0.15) is 0 Å². The molecule has 0 atom stereocenters. The first-order valence-electron chi connectivity index (χ1n) is 7.10. The first kappa shape index (κ1) is 13.7. The van der Waals surface area contributed by atoms with Crippen molar-refractivity contribution in [1.82, 2.24) is 20.2 Å². The Hall–Kier alpha value is -2.24. The molecule has 0 saturated heterocycles. The number of carbonyl (C=O) groups is 1. The highest BCUT2D eigenvalue weighted by Gasteiger charge is 2.45. The molecular weight excluding hydrogens is 268 g/mol. The van der Waals surface area contributed by atoms with Gasteiger partial charge in [-0.3, -0.25) is 4.79 Å². The minimum absolute atomic E-state index is 0.332. The van der Waals surface area contributed by atoms with Gasteiger partial charge in [0, 0.05) is 5.56 Å². The van der Waals surface area contributed by atoms with E-state index >= 15 is 0 Å². The smallest absolute Gasteiger partial charge is 0.311 e. The molecule has 0 unspecified atom stereocenters. The maximum absolute atomic E-state index is 11.5. The summed E-state index contributed by atoms with van der Waals surface area (Å²) in [6.07, 6.45) is 2.33. The lowest BCUT2D eigenvalue weighted by Crippen LogP contribution is -2.42. The average Bonchev–Trinajstić information content (AvgIpc) is 2.81. The molecule has 1 aromatic carbocycles. The third kappa shape index (κ3) is 2.20. The van der Waals surface area contributed by atoms with Crippen LogP contribution >= 0.6 is 0 Å². The fourth-order valence-corrected chi connectivity index (χ4v) is 2.99. The van der Waals surface area contributed by atoms with Gasteiger partial charge in [0.15, 0.2) is 5.82 Å². The Morgan fingerprint density at radius 1 is 1.33 bits per heavy atom. The third-order valence-corrected chi connectivity index (χ3v) is 4.45. The summed E-state index contributed by atoms with van der Waals surface area (Å²) in [6.45, 7) is 4.35. The van der Waals surface area contributed by atoms with Gasteiger partial charge >= 0.3 is 5.97 Å². The largest absolute Gasteiger partial charge is 0.481 e. The van der Waals surface area contributed by atoms with Crippen LogP contribution in [0.1, 0.15) is 30.4 Å². The zero-order valence-corrected chi connectivity index (χ0v) is 12.2. The third-order valence-electron chi connectivity index (χ3n) is 4.45. The second-order valence-corrected chi connectivity index (χ2v) is 5.87. The maximum Gasteiger partial charge on any atom is 0.311 e. The second-order valence-electron chi connectivity index (χ2n) is 5.87. The van der Waals surface area contributed by atoms with Gasteiger partial charge in [-0.1, -0.05) is 24.6 Å². The standard InChI is InChI=1S/C15H18N4O2/c1-10-5-3-6-11(2)12(10)13-16-17-18-19(13)9-15(14(20)21)7-4-8-15/h3,5-6H,4,7-9H2,1-2H3,(H,20,21). The van der Waals surface area contributed by atoms with Crippen LogP contribution in [-0.2, 0) is 11.3 Å². The predicted octanol–water partition coefficient (Wildman–Crippen LogP) is 2.21. The van der Waals surface area contributed by atoms with Crippen molar-refractivity contribution in [2.75, 3.05) is 0 Å². The van der Waals surface area contributed by atoms with E-state index in [4.69, 9.17) is 0 Å². The van der Waals surface area contributed by atoms with Crippen LogP contribution in [0.3, 0.4) is 0 Å². The van der Waals surface area contributed by atoms with Crippen LogP contribution in [0.15, 0.2) is 18.2 Å². The van der Waals surface area contributed by atoms with E-state index < -0.39 is 11.4 Å². The second kappa shape index (κ2) is 4.95. The predicted molar refractivity (Wildman–Crippen MR) is 76.6 cm³/mol. The maximum atomic E-state index is 11.5. The summed E-state index contributed by atoms with van der Waals surface area (Å²) in [5.41, 5.74) is 2.45. The SMILES string of the molecule is Cc1cccc(C)c1-c1nnnn1CC1(C(=O)O)CCC1. The molecule has 0 aliphatic heterocycles. The number of aliphatic carboxylic acids is 1. The molecule has 0 amide bonds. The number of carboxylic acids is 1. The molecule has 2 aromatic rings. The number of rotatable bonds is 4. The van der Waals surface area contributed by atoms with E-state index in [1.54, 1.807) is 4.68 Å². The van der Waals surface area contributed by atoms with E-state index in [9.17, 15) is 9.90 Å². The molecule has 0 bridgehead atoms. The molecule has 6 heteroatoms. The quantitative estimate of drug-likeness (QED) is 0.932. The minimum Gasteiger partial charge on any atom is -0.481 e. The summed E-state index contributed by atoms with van der Waals surface area (Å²) in [5, 5.41) is 21.4. The summed E-state index contributed by atoms with van der Waals surface area (Å²) in [6, 6.07) is 6.02. The van der Waals surface area contributed by atoms with Crippen molar-refractivity contribution in [3.63, 3.8) is 0 Å². The molecule has 21 heavy (non-hydrogen) atoms. The van der Waals surface area contributed by atoms with Crippen molar-refractivity contribution >= 4 is 5.97 Å². The number of hydrogen-bond donors (Lipinski definition) is 1. The van der Waals surface area contributed by atoms with Crippen molar-refractivity contribution in [2.24, 2.45) is 5.41 Å². The van der Waals surface area contributed by atoms with Crippen LogP contribution in [0.2, 0.25) is 0 Å². The number of benzene rings is 1. The Morgan fingerprint density at radius 3 is 2.52 bits per heavy atom. The molecule has 1 aliphatic rings. The number of tetrazole rings is 1. The Labute approximate surface area is 122 Å². The summed E-state index contributed by atoms with van der Waals surface area (Å²) in [7, 11) is 0. The fraction of sp³-hybridized carbons (Fsp3) is 0.467. The van der Waals surface area contributed by atoms with Gasteiger partial charge in [-0.2, -0.15) is 0 Å². The molecule has 0 radical (unpaired) electrons. The van der Waals surface area contributed by atoms with Gasteiger partial charge in [0.05, 0.1) is 12.0 Å². The van der Waals surface area contributed by atoms with E-state index in [1.807, 2.05) is 32.0 Å². The summed E-state index contributed by atoms with van der Waals surface area (Å²) in [4.78, 5) is 11.5.